The highest BCUT2D eigenvalue weighted by Gasteiger charge is 2.26. The molecule has 0 aromatic carbocycles. The van der Waals surface area contributed by atoms with Gasteiger partial charge >= 0.3 is 0 Å². The van der Waals surface area contributed by atoms with Crippen molar-refractivity contribution in [3.63, 3.8) is 0 Å². The normalized spacial score (nSPS) is 22.4. The van der Waals surface area contributed by atoms with Crippen molar-refractivity contribution in [2.24, 2.45) is 0 Å². The summed E-state index contributed by atoms with van der Waals surface area (Å²) in [5, 5.41) is 19.5. The van der Waals surface area contributed by atoms with E-state index in [1.165, 1.54) is 11.3 Å². The Morgan fingerprint density at radius 2 is 2.19 bits per heavy atom. The monoisotopic (exact) mass is 314 g/mol. The molecule has 0 saturated carbocycles. The third kappa shape index (κ3) is 4.88. The molecule has 1 aliphatic heterocycles. The fourth-order valence-corrected chi connectivity index (χ4v) is 3.53. The highest BCUT2D eigenvalue weighted by molar-refractivity contribution is 7.13. The zero-order valence-corrected chi connectivity index (χ0v) is 14.0. The second-order valence-corrected chi connectivity index (χ2v) is 6.56. The first kappa shape index (κ1) is 16.6. The molecule has 0 bridgehead atoms. The second kappa shape index (κ2) is 8.03. The molecule has 0 radical (unpaired) electrons. The second-order valence-electron chi connectivity index (χ2n) is 5.54. The predicted octanol–water partition coefficient (Wildman–Crippen LogP) is 1.21. The largest absolute Gasteiger partial charge is 0.469 e. The summed E-state index contributed by atoms with van der Waals surface area (Å²) in [6.07, 6.45) is 0.839. The molecule has 0 spiro atoms. The van der Waals surface area contributed by atoms with E-state index in [1.807, 2.05) is 13.8 Å². The lowest BCUT2D eigenvalue weighted by Gasteiger charge is -2.41. The number of rotatable bonds is 7. The molecule has 120 valence electrons. The van der Waals surface area contributed by atoms with E-state index in [4.69, 9.17) is 4.74 Å². The number of aromatic nitrogens is 2. The van der Waals surface area contributed by atoms with Crippen molar-refractivity contribution in [3.8, 4) is 5.19 Å². The average molecular weight is 314 g/mol. The van der Waals surface area contributed by atoms with E-state index < -0.39 is 0 Å². The fraction of sp³-hybridized carbons (Fsp3) is 0.857. The summed E-state index contributed by atoms with van der Waals surface area (Å²) in [7, 11) is 0. The van der Waals surface area contributed by atoms with Crippen LogP contribution in [0.1, 0.15) is 32.2 Å². The van der Waals surface area contributed by atoms with Gasteiger partial charge in [-0.05, 0) is 20.3 Å². The third-order valence-electron chi connectivity index (χ3n) is 3.73. The minimum absolute atomic E-state index is 0.262. The van der Waals surface area contributed by atoms with Crippen LogP contribution in [-0.4, -0.2) is 70.0 Å². The molecule has 2 atom stereocenters. The maximum absolute atomic E-state index is 9.59. The molecule has 2 rings (SSSR count). The Balaban J connectivity index is 1.87. The molecule has 1 N–H and O–H groups in total. The fourth-order valence-electron chi connectivity index (χ4n) is 2.74. The van der Waals surface area contributed by atoms with Gasteiger partial charge in [0.15, 0.2) is 0 Å². The molecule has 1 aromatic heterocycles. The summed E-state index contributed by atoms with van der Waals surface area (Å²) >= 11 is 1.53. The van der Waals surface area contributed by atoms with E-state index in [0.29, 0.717) is 17.8 Å². The molecule has 21 heavy (non-hydrogen) atoms. The number of aliphatic hydroxyl groups is 1. The van der Waals surface area contributed by atoms with Crippen LogP contribution in [0.5, 0.6) is 5.19 Å². The van der Waals surface area contributed by atoms with Crippen LogP contribution < -0.4 is 4.74 Å². The van der Waals surface area contributed by atoms with Gasteiger partial charge in [0.2, 0.25) is 0 Å². The smallest absolute Gasteiger partial charge is 0.294 e. The highest BCUT2D eigenvalue weighted by Crippen LogP contribution is 2.21. The summed E-state index contributed by atoms with van der Waals surface area (Å²) < 4.78 is 5.37. The number of hydrogen-bond acceptors (Lipinski definition) is 7. The Bertz CT molecular complexity index is 427. The van der Waals surface area contributed by atoms with Crippen molar-refractivity contribution in [2.75, 3.05) is 32.8 Å². The van der Waals surface area contributed by atoms with Crippen LogP contribution in [0.4, 0.5) is 0 Å². The Labute approximate surface area is 130 Å². The maximum atomic E-state index is 9.59. The van der Waals surface area contributed by atoms with Crippen LogP contribution in [-0.2, 0) is 6.54 Å². The quantitative estimate of drug-likeness (QED) is 0.816. The van der Waals surface area contributed by atoms with Crippen LogP contribution in [0.2, 0.25) is 0 Å². The minimum Gasteiger partial charge on any atom is -0.469 e. The van der Waals surface area contributed by atoms with E-state index in [9.17, 15) is 5.11 Å². The Morgan fingerprint density at radius 3 is 2.86 bits per heavy atom. The maximum Gasteiger partial charge on any atom is 0.294 e. The number of hydrogen-bond donors (Lipinski definition) is 1. The Kier molecular flexibility index (Phi) is 6.35. The van der Waals surface area contributed by atoms with Crippen molar-refractivity contribution in [3.05, 3.63) is 5.01 Å². The Hall–Kier alpha value is -0.760. The Morgan fingerprint density at radius 1 is 1.38 bits per heavy atom. The van der Waals surface area contributed by atoms with Crippen LogP contribution in [0.25, 0.3) is 0 Å². The van der Waals surface area contributed by atoms with Gasteiger partial charge in [0.1, 0.15) is 5.01 Å². The molecule has 1 aromatic rings. The van der Waals surface area contributed by atoms with Gasteiger partial charge in [0.25, 0.3) is 5.19 Å². The van der Waals surface area contributed by atoms with E-state index in [0.717, 1.165) is 44.2 Å². The van der Waals surface area contributed by atoms with Crippen molar-refractivity contribution in [1.82, 2.24) is 20.0 Å². The molecular formula is C14H26N4O2S. The lowest BCUT2D eigenvalue weighted by molar-refractivity contribution is 0.0337. The van der Waals surface area contributed by atoms with Gasteiger partial charge in [0.05, 0.1) is 19.3 Å². The van der Waals surface area contributed by atoms with Crippen molar-refractivity contribution in [2.45, 2.75) is 45.9 Å². The molecule has 7 heteroatoms. The predicted molar refractivity (Wildman–Crippen MR) is 83.7 cm³/mol. The number of β-amino-alcohol motifs (C(OH)–C–C–N with tert-alkyl or cyclic N) is 1. The van der Waals surface area contributed by atoms with Crippen LogP contribution in [0.15, 0.2) is 0 Å². The van der Waals surface area contributed by atoms with E-state index in [1.54, 1.807) is 0 Å². The van der Waals surface area contributed by atoms with Gasteiger partial charge in [-0.1, -0.05) is 18.3 Å². The summed E-state index contributed by atoms with van der Waals surface area (Å²) in [5.74, 6) is 0. The number of nitrogens with zero attached hydrogens (tertiary/aromatic N) is 4. The van der Waals surface area contributed by atoms with Crippen molar-refractivity contribution >= 4 is 11.3 Å². The molecule has 0 aliphatic carbocycles. The molecule has 1 fully saturated rings. The average Bonchev–Trinajstić information content (AvgIpc) is 2.87. The van der Waals surface area contributed by atoms with Crippen LogP contribution in [0.3, 0.4) is 0 Å². The number of piperazine rings is 1. The summed E-state index contributed by atoms with van der Waals surface area (Å²) in [4.78, 5) is 4.82. The topological polar surface area (TPSA) is 61.7 Å². The molecule has 6 nitrogen and oxygen atoms in total. The third-order valence-corrected chi connectivity index (χ3v) is 4.55. The highest BCUT2D eigenvalue weighted by atomic mass is 32.1. The molecular weight excluding hydrogens is 288 g/mol. The lowest BCUT2D eigenvalue weighted by Crippen LogP contribution is -2.54. The first-order valence-corrected chi connectivity index (χ1v) is 8.53. The zero-order valence-electron chi connectivity index (χ0n) is 13.2. The molecule has 0 amide bonds. The van der Waals surface area contributed by atoms with E-state index >= 15 is 0 Å². The molecule has 0 unspecified atom stereocenters. The number of aliphatic hydroxyl groups excluding tert-OH is 1. The molecule has 2 heterocycles. The SMILES string of the molecule is CCOc1nnc(CN2CCN(C[C@@H](C)O)[C@@H](CC)C2)s1. The van der Waals surface area contributed by atoms with E-state index in [2.05, 4.69) is 26.9 Å². The number of ether oxygens (including phenoxy) is 1. The van der Waals surface area contributed by atoms with Gasteiger partial charge in [-0.15, -0.1) is 10.2 Å². The summed E-state index contributed by atoms with van der Waals surface area (Å²) in [5.41, 5.74) is 0. The van der Waals surface area contributed by atoms with Crippen LogP contribution in [0, 0.1) is 0 Å². The summed E-state index contributed by atoms with van der Waals surface area (Å²) in [6, 6.07) is 0.507. The van der Waals surface area contributed by atoms with Gasteiger partial charge in [-0.25, -0.2) is 0 Å². The minimum atomic E-state index is -0.262. The van der Waals surface area contributed by atoms with Crippen LogP contribution >= 0.6 is 11.3 Å². The van der Waals surface area contributed by atoms with Gasteiger partial charge in [0, 0.05) is 32.2 Å². The van der Waals surface area contributed by atoms with Gasteiger partial charge < -0.3 is 9.84 Å². The molecule has 1 saturated heterocycles. The standard InChI is InChI=1S/C14H26N4O2S/c1-4-12-9-17(6-7-18(12)8-11(3)19)10-13-15-16-14(21-13)20-5-2/h11-12,19H,4-10H2,1-3H3/t11-,12+/m1/s1. The van der Waals surface area contributed by atoms with Gasteiger partial charge in [-0.2, -0.15) is 0 Å². The van der Waals surface area contributed by atoms with Crippen molar-refractivity contribution < 1.29 is 9.84 Å². The first-order valence-electron chi connectivity index (χ1n) is 7.72. The summed E-state index contributed by atoms with van der Waals surface area (Å²) in [6.45, 7) is 11.3. The lowest BCUT2D eigenvalue weighted by atomic mass is 10.1. The zero-order chi connectivity index (χ0) is 15.2. The molecule has 1 aliphatic rings. The first-order chi connectivity index (χ1) is 10.1. The van der Waals surface area contributed by atoms with E-state index in [-0.39, 0.29) is 6.10 Å². The van der Waals surface area contributed by atoms with Crippen molar-refractivity contribution in [1.29, 1.82) is 0 Å². The van der Waals surface area contributed by atoms with Gasteiger partial charge in [-0.3, -0.25) is 9.80 Å².